The lowest BCUT2D eigenvalue weighted by Gasteiger charge is -1.98. The van der Waals surface area contributed by atoms with Crippen molar-refractivity contribution >= 4 is 5.97 Å². The molecule has 1 N–H and O–H groups in total. The van der Waals surface area contributed by atoms with Crippen molar-refractivity contribution in [1.29, 1.82) is 0 Å². The van der Waals surface area contributed by atoms with Gasteiger partial charge in [-0.3, -0.25) is 0 Å². The zero-order valence-corrected chi connectivity index (χ0v) is 7.32. The Morgan fingerprint density at radius 2 is 2.54 bits per heavy atom. The molecule has 72 valence electrons. The third-order valence-electron chi connectivity index (χ3n) is 1.52. The number of hydrogen-bond donors (Lipinski definition) is 1. The normalized spacial score (nSPS) is 10.2. The van der Waals surface area contributed by atoms with Crippen LogP contribution >= 0.6 is 0 Å². The predicted molar refractivity (Wildman–Crippen MR) is 43.7 cm³/mol. The highest BCUT2D eigenvalue weighted by Crippen LogP contribution is 2.07. The van der Waals surface area contributed by atoms with Crippen molar-refractivity contribution in [2.45, 2.75) is 13.3 Å². The molecule has 0 aliphatic carbocycles. The number of aromatic nitrogens is 1. The Bertz CT molecular complexity index is 281. The van der Waals surface area contributed by atoms with Gasteiger partial charge in [0.25, 0.3) is 0 Å². The lowest BCUT2D eigenvalue weighted by Crippen LogP contribution is -2.04. The number of carboxylic acid groups (broad SMARTS) is 1. The first-order valence-corrected chi connectivity index (χ1v) is 3.99. The molecular weight excluding hydrogens is 174 g/mol. The minimum absolute atomic E-state index is 0.0281. The molecule has 1 aromatic rings. The molecular formula is C8H11NO4. The Labute approximate surface area is 75.3 Å². The van der Waals surface area contributed by atoms with Gasteiger partial charge >= 0.3 is 5.97 Å². The molecule has 0 saturated heterocycles. The van der Waals surface area contributed by atoms with Crippen LogP contribution in [0.5, 0.6) is 0 Å². The van der Waals surface area contributed by atoms with E-state index in [1.54, 1.807) is 0 Å². The van der Waals surface area contributed by atoms with Gasteiger partial charge < -0.3 is 14.3 Å². The first-order chi connectivity index (χ1) is 6.25. The van der Waals surface area contributed by atoms with Crippen LogP contribution in [-0.2, 0) is 11.2 Å². The number of hydrogen-bond acceptors (Lipinski definition) is 4. The van der Waals surface area contributed by atoms with E-state index in [4.69, 9.17) is 14.3 Å². The average molecular weight is 185 g/mol. The predicted octanol–water partition coefficient (Wildman–Crippen LogP) is 0.952. The Hall–Kier alpha value is -1.36. The SMILES string of the molecule is CCOCCc1ocnc1C(=O)O. The maximum atomic E-state index is 10.6. The first kappa shape index (κ1) is 9.73. The second-order valence-electron chi connectivity index (χ2n) is 2.38. The number of nitrogens with zero attached hydrogens (tertiary/aromatic N) is 1. The molecule has 0 aromatic carbocycles. The van der Waals surface area contributed by atoms with Crippen molar-refractivity contribution < 1.29 is 19.1 Å². The van der Waals surface area contributed by atoms with Crippen LogP contribution < -0.4 is 0 Å². The Morgan fingerprint density at radius 3 is 3.15 bits per heavy atom. The van der Waals surface area contributed by atoms with Gasteiger partial charge in [-0.05, 0) is 6.92 Å². The fourth-order valence-electron chi connectivity index (χ4n) is 0.932. The smallest absolute Gasteiger partial charge is 0.358 e. The molecule has 5 nitrogen and oxygen atoms in total. The topological polar surface area (TPSA) is 72.6 Å². The van der Waals surface area contributed by atoms with E-state index >= 15 is 0 Å². The third-order valence-corrected chi connectivity index (χ3v) is 1.52. The summed E-state index contributed by atoms with van der Waals surface area (Å²) in [6.45, 7) is 2.93. The highest BCUT2D eigenvalue weighted by atomic mass is 16.5. The minimum Gasteiger partial charge on any atom is -0.476 e. The first-order valence-electron chi connectivity index (χ1n) is 3.99. The highest BCUT2D eigenvalue weighted by molar-refractivity contribution is 5.86. The summed E-state index contributed by atoms with van der Waals surface area (Å²) in [6, 6.07) is 0. The van der Waals surface area contributed by atoms with Gasteiger partial charge in [-0.1, -0.05) is 0 Å². The summed E-state index contributed by atoms with van der Waals surface area (Å²) in [7, 11) is 0. The summed E-state index contributed by atoms with van der Waals surface area (Å²) in [5.41, 5.74) is -0.0281. The molecule has 0 saturated carbocycles. The van der Waals surface area contributed by atoms with Gasteiger partial charge in [-0.2, -0.15) is 0 Å². The molecule has 5 heteroatoms. The maximum absolute atomic E-state index is 10.6. The largest absolute Gasteiger partial charge is 0.476 e. The second kappa shape index (κ2) is 4.61. The van der Waals surface area contributed by atoms with Crippen LogP contribution in [0.25, 0.3) is 0 Å². The molecule has 0 atom stereocenters. The van der Waals surface area contributed by atoms with Crippen LogP contribution in [0.2, 0.25) is 0 Å². The van der Waals surface area contributed by atoms with E-state index in [0.717, 1.165) is 6.39 Å². The van der Waals surface area contributed by atoms with Gasteiger partial charge in [0.15, 0.2) is 12.1 Å². The summed E-state index contributed by atoms with van der Waals surface area (Å²) >= 11 is 0. The van der Waals surface area contributed by atoms with Crippen molar-refractivity contribution in [2.24, 2.45) is 0 Å². The minimum atomic E-state index is -1.07. The van der Waals surface area contributed by atoms with Crippen molar-refractivity contribution in [2.75, 3.05) is 13.2 Å². The highest BCUT2D eigenvalue weighted by Gasteiger charge is 2.14. The zero-order chi connectivity index (χ0) is 9.68. The number of oxazole rings is 1. The van der Waals surface area contributed by atoms with Gasteiger partial charge in [0.1, 0.15) is 5.76 Å². The van der Waals surface area contributed by atoms with E-state index in [1.165, 1.54) is 0 Å². The molecule has 1 rings (SSSR count). The van der Waals surface area contributed by atoms with Crippen LogP contribution in [0.1, 0.15) is 23.2 Å². The van der Waals surface area contributed by atoms with E-state index in [0.29, 0.717) is 25.4 Å². The fourth-order valence-corrected chi connectivity index (χ4v) is 0.932. The van der Waals surface area contributed by atoms with Crippen molar-refractivity contribution in [3.05, 3.63) is 17.8 Å². The van der Waals surface area contributed by atoms with Crippen LogP contribution in [0.3, 0.4) is 0 Å². The molecule has 0 bridgehead atoms. The lowest BCUT2D eigenvalue weighted by atomic mass is 10.3. The standard InChI is InChI=1S/C8H11NO4/c1-2-12-4-3-6-7(8(10)11)9-5-13-6/h5H,2-4H2,1H3,(H,10,11). The number of ether oxygens (including phenoxy) is 1. The summed E-state index contributed by atoms with van der Waals surface area (Å²) in [5, 5.41) is 8.65. The molecule has 0 amide bonds. The molecule has 0 aliphatic heterocycles. The van der Waals surface area contributed by atoms with E-state index in [-0.39, 0.29) is 5.69 Å². The van der Waals surface area contributed by atoms with Crippen molar-refractivity contribution in [3.63, 3.8) is 0 Å². The van der Waals surface area contributed by atoms with E-state index < -0.39 is 5.97 Å². The summed E-state index contributed by atoms with van der Waals surface area (Å²) in [6.07, 6.45) is 1.57. The number of carbonyl (C=O) groups is 1. The Morgan fingerprint density at radius 1 is 1.77 bits per heavy atom. The Kier molecular flexibility index (Phi) is 3.45. The number of rotatable bonds is 5. The lowest BCUT2D eigenvalue weighted by molar-refractivity contribution is 0.0687. The molecule has 0 spiro atoms. The molecule has 0 aliphatic rings. The van der Waals surface area contributed by atoms with Crippen LogP contribution in [0.4, 0.5) is 0 Å². The number of carboxylic acids is 1. The van der Waals surface area contributed by atoms with Crippen LogP contribution in [0.15, 0.2) is 10.8 Å². The van der Waals surface area contributed by atoms with Crippen LogP contribution in [0, 0.1) is 0 Å². The quantitative estimate of drug-likeness (QED) is 0.691. The number of aromatic carboxylic acids is 1. The molecule has 0 fully saturated rings. The maximum Gasteiger partial charge on any atom is 0.358 e. The Balaban J connectivity index is 2.55. The zero-order valence-electron chi connectivity index (χ0n) is 7.32. The summed E-state index contributed by atoms with van der Waals surface area (Å²) in [4.78, 5) is 14.1. The van der Waals surface area contributed by atoms with Crippen molar-refractivity contribution in [1.82, 2.24) is 4.98 Å². The fraction of sp³-hybridized carbons (Fsp3) is 0.500. The van der Waals surface area contributed by atoms with Crippen LogP contribution in [-0.4, -0.2) is 29.3 Å². The average Bonchev–Trinajstić information content (AvgIpc) is 2.53. The molecule has 13 heavy (non-hydrogen) atoms. The van der Waals surface area contributed by atoms with Crippen molar-refractivity contribution in [3.8, 4) is 0 Å². The summed E-state index contributed by atoms with van der Waals surface area (Å²) < 4.78 is 9.96. The third kappa shape index (κ3) is 2.55. The molecule has 1 heterocycles. The van der Waals surface area contributed by atoms with Gasteiger partial charge in [0.05, 0.1) is 6.61 Å². The summed E-state index contributed by atoms with van der Waals surface area (Å²) in [5.74, 6) is -0.707. The molecule has 0 unspecified atom stereocenters. The van der Waals surface area contributed by atoms with E-state index in [1.807, 2.05) is 6.92 Å². The van der Waals surface area contributed by atoms with Gasteiger partial charge in [0.2, 0.25) is 0 Å². The van der Waals surface area contributed by atoms with Gasteiger partial charge in [-0.25, -0.2) is 9.78 Å². The van der Waals surface area contributed by atoms with Gasteiger partial charge in [-0.15, -0.1) is 0 Å². The van der Waals surface area contributed by atoms with E-state index in [9.17, 15) is 4.79 Å². The second-order valence-corrected chi connectivity index (χ2v) is 2.38. The molecule has 0 radical (unpaired) electrons. The van der Waals surface area contributed by atoms with E-state index in [2.05, 4.69) is 4.98 Å². The molecule has 1 aromatic heterocycles. The monoisotopic (exact) mass is 185 g/mol. The van der Waals surface area contributed by atoms with Gasteiger partial charge in [0, 0.05) is 13.0 Å².